The van der Waals surface area contributed by atoms with Gasteiger partial charge in [-0.05, 0) is 58.7 Å². The van der Waals surface area contributed by atoms with Crippen molar-refractivity contribution in [3.63, 3.8) is 0 Å². The van der Waals surface area contributed by atoms with E-state index in [1.165, 1.54) is 12.1 Å². The summed E-state index contributed by atoms with van der Waals surface area (Å²) in [6.07, 6.45) is 0. The van der Waals surface area contributed by atoms with Gasteiger partial charge < -0.3 is 11.1 Å². The monoisotopic (exact) mass is 400 g/mol. The summed E-state index contributed by atoms with van der Waals surface area (Å²) in [5, 5.41) is 2.62. The van der Waals surface area contributed by atoms with Crippen LogP contribution in [0.15, 0.2) is 39.3 Å². The molecule has 0 bridgehead atoms. The Labute approximate surface area is 132 Å². The van der Waals surface area contributed by atoms with E-state index in [2.05, 4.69) is 37.2 Å². The molecule has 2 aromatic rings. The fourth-order valence-electron chi connectivity index (χ4n) is 1.76. The molecule has 1 amide bonds. The zero-order chi connectivity index (χ0) is 14.9. The molecule has 20 heavy (non-hydrogen) atoms. The molecule has 0 aliphatic heterocycles. The van der Waals surface area contributed by atoms with E-state index in [1.807, 2.05) is 13.0 Å². The van der Waals surface area contributed by atoms with Crippen LogP contribution in [0.5, 0.6) is 0 Å². The molecule has 0 radical (unpaired) electrons. The Morgan fingerprint density at radius 3 is 2.55 bits per heavy atom. The highest BCUT2D eigenvalue weighted by atomic mass is 79.9. The summed E-state index contributed by atoms with van der Waals surface area (Å²) in [6, 6.07) is 7.81. The molecular formula is C14H11Br2FN2O. The van der Waals surface area contributed by atoms with Crippen LogP contribution in [0.4, 0.5) is 15.8 Å². The molecule has 0 saturated carbocycles. The minimum atomic E-state index is -0.598. The predicted octanol–water partition coefficient (Wildman–Crippen LogP) is 4.49. The maximum absolute atomic E-state index is 13.7. The maximum Gasteiger partial charge on any atom is 0.258 e. The smallest absolute Gasteiger partial charge is 0.258 e. The Balaban J connectivity index is 2.33. The average molecular weight is 402 g/mol. The molecule has 0 saturated heterocycles. The second-order valence-corrected chi connectivity index (χ2v) is 6.06. The molecule has 0 aliphatic carbocycles. The van der Waals surface area contributed by atoms with Crippen molar-refractivity contribution in [1.82, 2.24) is 0 Å². The second-order valence-electron chi connectivity index (χ2n) is 4.29. The molecule has 6 heteroatoms. The van der Waals surface area contributed by atoms with Crippen LogP contribution in [0.2, 0.25) is 0 Å². The molecule has 0 aliphatic rings. The Kier molecular flexibility index (Phi) is 4.45. The van der Waals surface area contributed by atoms with Gasteiger partial charge in [-0.25, -0.2) is 4.39 Å². The van der Waals surface area contributed by atoms with Crippen molar-refractivity contribution in [3.8, 4) is 0 Å². The van der Waals surface area contributed by atoms with Crippen LogP contribution in [0, 0.1) is 12.7 Å². The van der Waals surface area contributed by atoms with E-state index in [0.29, 0.717) is 20.3 Å². The highest BCUT2D eigenvalue weighted by molar-refractivity contribution is 9.10. The molecule has 3 N–H and O–H groups in total. The van der Waals surface area contributed by atoms with E-state index in [1.54, 1.807) is 12.1 Å². The summed E-state index contributed by atoms with van der Waals surface area (Å²) in [5.41, 5.74) is 7.64. The first-order valence-electron chi connectivity index (χ1n) is 5.70. The summed E-state index contributed by atoms with van der Waals surface area (Å²) in [4.78, 5) is 12.1. The Hall–Kier alpha value is -1.40. The quantitative estimate of drug-likeness (QED) is 0.728. The van der Waals surface area contributed by atoms with Crippen LogP contribution in [0.25, 0.3) is 0 Å². The lowest BCUT2D eigenvalue weighted by molar-refractivity contribution is 0.102. The van der Waals surface area contributed by atoms with Gasteiger partial charge in [0.25, 0.3) is 5.91 Å². The molecule has 0 fully saturated rings. The van der Waals surface area contributed by atoms with Crippen LogP contribution in [0.1, 0.15) is 15.9 Å². The highest BCUT2D eigenvalue weighted by Crippen LogP contribution is 2.30. The summed E-state index contributed by atoms with van der Waals surface area (Å²) in [6.45, 7) is 1.89. The standard InChI is InChI=1S/C14H11Br2FN2O/c1-7-4-10(16)13(12(18)5-7)19-14(20)9-3-2-8(15)6-11(9)17/h2-6H,18H2,1H3,(H,19,20). The zero-order valence-corrected chi connectivity index (χ0v) is 13.7. The molecular weight excluding hydrogens is 391 g/mol. The van der Waals surface area contributed by atoms with Gasteiger partial charge in [0.1, 0.15) is 5.82 Å². The number of carbonyl (C=O) groups is 1. The number of anilines is 2. The number of halogens is 3. The fraction of sp³-hybridized carbons (Fsp3) is 0.0714. The number of hydrogen-bond acceptors (Lipinski definition) is 2. The maximum atomic E-state index is 13.7. The average Bonchev–Trinajstić information content (AvgIpc) is 2.33. The highest BCUT2D eigenvalue weighted by Gasteiger charge is 2.15. The number of amides is 1. The number of carbonyl (C=O) groups excluding carboxylic acids is 1. The predicted molar refractivity (Wildman–Crippen MR) is 85.3 cm³/mol. The van der Waals surface area contributed by atoms with Gasteiger partial charge in [0.2, 0.25) is 0 Å². The fourth-order valence-corrected chi connectivity index (χ4v) is 2.78. The minimum absolute atomic E-state index is 0.0416. The van der Waals surface area contributed by atoms with Crippen molar-refractivity contribution in [1.29, 1.82) is 0 Å². The molecule has 2 aromatic carbocycles. The summed E-state index contributed by atoms with van der Waals surface area (Å²) in [5.74, 6) is -1.15. The molecule has 0 heterocycles. The number of nitrogens with two attached hydrogens (primary N) is 1. The Morgan fingerprint density at radius 2 is 1.95 bits per heavy atom. The third-order valence-electron chi connectivity index (χ3n) is 2.68. The van der Waals surface area contributed by atoms with Gasteiger partial charge in [-0.3, -0.25) is 4.79 Å². The van der Waals surface area contributed by atoms with Crippen LogP contribution >= 0.6 is 31.9 Å². The number of hydrogen-bond donors (Lipinski definition) is 2. The van der Waals surface area contributed by atoms with Crippen LogP contribution in [-0.2, 0) is 0 Å². The largest absolute Gasteiger partial charge is 0.397 e. The van der Waals surface area contributed by atoms with Crippen molar-refractivity contribution >= 4 is 49.1 Å². The van der Waals surface area contributed by atoms with E-state index in [9.17, 15) is 9.18 Å². The number of nitrogen functional groups attached to an aromatic ring is 1. The van der Waals surface area contributed by atoms with Crippen LogP contribution in [-0.4, -0.2) is 5.91 Å². The molecule has 3 nitrogen and oxygen atoms in total. The van der Waals surface area contributed by atoms with Crippen molar-refractivity contribution in [2.75, 3.05) is 11.1 Å². The van der Waals surface area contributed by atoms with Crippen molar-refractivity contribution in [2.24, 2.45) is 0 Å². The molecule has 0 atom stereocenters. The van der Waals surface area contributed by atoms with E-state index in [0.717, 1.165) is 5.56 Å². The normalized spacial score (nSPS) is 10.4. The lowest BCUT2D eigenvalue weighted by atomic mass is 10.1. The number of aryl methyl sites for hydroxylation is 1. The molecule has 2 rings (SSSR count). The van der Waals surface area contributed by atoms with Crippen molar-refractivity contribution < 1.29 is 9.18 Å². The van der Waals surface area contributed by atoms with Gasteiger partial charge >= 0.3 is 0 Å². The second kappa shape index (κ2) is 5.93. The molecule has 104 valence electrons. The minimum Gasteiger partial charge on any atom is -0.397 e. The van der Waals surface area contributed by atoms with Crippen molar-refractivity contribution in [3.05, 3.63) is 56.2 Å². The van der Waals surface area contributed by atoms with Crippen LogP contribution < -0.4 is 11.1 Å². The summed E-state index contributed by atoms with van der Waals surface area (Å²) in [7, 11) is 0. The zero-order valence-electron chi connectivity index (χ0n) is 10.5. The Morgan fingerprint density at radius 1 is 1.25 bits per heavy atom. The topological polar surface area (TPSA) is 55.1 Å². The first-order valence-corrected chi connectivity index (χ1v) is 7.29. The molecule has 0 spiro atoms. The summed E-state index contributed by atoms with van der Waals surface area (Å²) < 4.78 is 15.0. The summed E-state index contributed by atoms with van der Waals surface area (Å²) >= 11 is 6.48. The van der Waals surface area contributed by atoms with Gasteiger partial charge in [0.15, 0.2) is 0 Å². The van der Waals surface area contributed by atoms with Crippen LogP contribution in [0.3, 0.4) is 0 Å². The third kappa shape index (κ3) is 3.19. The van der Waals surface area contributed by atoms with E-state index < -0.39 is 11.7 Å². The first-order chi connectivity index (χ1) is 9.38. The number of benzene rings is 2. The van der Waals surface area contributed by atoms with Gasteiger partial charge in [0.05, 0.1) is 16.9 Å². The lowest BCUT2D eigenvalue weighted by Crippen LogP contribution is -2.15. The van der Waals surface area contributed by atoms with Gasteiger partial charge in [0, 0.05) is 8.95 Å². The first kappa shape index (κ1) is 15.0. The third-order valence-corrected chi connectivity index (χ3v) is 3.80. The van der Waals surface area contributed by atoms with E-state index in [4.69, 9.17) is 5.73 Å². The van der Waals surface area contributed by atoms with E-state index >= 15 is 0 Å². The number of rotatable bonds is 2. The number of nitrogens with one attached hydrogen (secondary N) is 1. The van der Waals surface area contributed by atoms with E-state index in [-0.39, 0.29) is 5.56 Å². The molecule has 0 aromatic heterocycles. The SMILES string of the molecule is Cc1cc(N)c(NC(=O)c2ccc(Br)cc2F)c(Br)c1. The van der Waals surface area contributed by atoms with Crippen molar-refractivity contribution in [2.45, 2.75) is 6.92 Å². The van der Waals surface area contributed by atoms with Gasteiger partial charge in [-0.2, -0.15) is 0 Å². The van der Waals surface area contributed by atoms with Gasteiger partial charge in [-0.15, -0.1) is 0 Å². The van der Waals surface area contributed by atoms with Gasteiger partial charge in [-0.1, -0.05) is 15.9 Å². The lowest BCUT2D eigenvalue weighted by Gasteiger charge is -2.12. The Bertz CT molecular complexity index is 666. The molecule has 0 unspecified atom stereocenters.